The molecule has 8 heteroatoms. The van der Waals surface area contributed by atoms with Gasteiger partial charge in [-0.3, -0.25) is 4.90 Å². The molecule has 0 atom stereocenters. The Kier molecular flexibility index (Phi) is 6.64. The lowest BCUT2D eigenvalue weighted by molar-refractivity contribution is 0.158. The number of benzene rings is 1. The van der Waals surface area contributed by atoms with Gasteiger partial charge >= 0.3 is 0 Å². The summed E-state index contributed by atoms with van der Waals surface area (Å²) in [5.74, 6) is 2.50. The van der Waals surface area contributed by atoms with Crippen LogP contribution in [0.2, 0.25) is 0 Å². The van der Waals surface area contributed by atoms with Crippen LogP contribution in [0.4, 0.5) is 5.95 Å². The highest BCUT2D eigenvalue weighted by atomic mass is 16.5. The van der Waals surface area contributed by atoms with Gasteiger partial charge in [-0.25, -0.2) is 9.97 Å². The summed E-state index contributed by atoms with van der Waals surface area (Å²) >= 11 is 0. The molecule has 1 saturated heterocycles. The smallest absolute Gasteiger partial charge is 0.225 e. The minimum absolute atomic E-state index is 0.560. The van der Waals surface area contributed by atoms with Crippen molar-refractivity contribution in [2.45, 2.75) is 32.2 Å². The maximum Gasteiger partial charge on any atom is 0.225 e. The van der Waals surface area contributed by atoms with Gasteiger partial charge in [0.05, 0.1) is 12.9 Å². The fourth-order valence-electron chi connectivity index (χ4n) is 4.43. The molecule has 33 heavy (non-hydrogen) atoms. The lowest BCUT2D eigenvalue weighted by Crippen LogP contribution is -2.32. The molecule has 1 aromatic carbocycles. The highest BCUT2D eigenvalue weighted by molar-refractivity contribution is 5.58. The second-order valence-electron chi connectivity index (χ2n) is 8.34. The zero-order valence-electron chi connectivity index (χ0n) is 19.0. The van der Waals surface area contributed by atoms with Gasteiger partial charge < -0.3 is 14.5 Å². The molecular weight excluding hydrogens is 416 g/mol. The van der Waals surface area contributed by atoms with E-state index in [1.165, 1.54) is 5.56 Å². The van der Waals surface area contributed by atoms with Crippen molar-refractivity contribution in [1.82, 2.24) is 24.5 Å². The van der Waals surface area contributed by atoms with Crippen molar-refractivity contribution in [1.29, 1.82) is 0 Å². The molecule has 0 saturated carbocycles. The van der Waals surface area contributed by atoms with Crippen LogP contribution in [-0.4, -0.2) is 57.3 Å². The first-order valence-corrected chi connectivity index (χ1v) is 11.7. The third-order valence-corrected chi connectivity index (χ3v) is 6.17. The van der Waals surface area contributed by atoms with Gasteiger partial charge in [0.2, 0.25) is 11.8 Å². The van der Waals surface area contributed by atoms with E-state index < -0.39 is 0 Å². The van der Waals surface area contributed by atoms with E-state index in [1.807, 2.05) is 25.3 Å². The monoisotopic (exact) mass is 446 g/mol. The van der Waals surface area contributed by atoms with Crippen LogP contribution < -0.4 is 5.32 Å². The lowest BCUT2D eigenvalue weighted by Gasteiger charge is -2.32. The van der Waals surface area contributed by atoms with Crippen LogP contribution in [0.5, 0.6) is 0 Å². The van der Waals surface area contributed by atoms with Crippen molar-refractivity contribution in [3.8, 4) is 11.6 Å². The predicted octanol–water partition coefficient (Wildman–Crippen LogP) is 4.21. The summed E-state index contributed by atoms with van der Waals surface area (Å²) in [4.78, 5) is 12.0. The largest absolute Gasteiger partial charge is 0.461 e. The first kappa shape index (κ1) is 21.6. The molecule has 1 N–H and O–H groups in total. The summed E-state index contributed by atoms with van der Waals surface area (Å²) < 4.78 is 12.8. The SMILES string of the molecule is CCOCCNc1ncc(CN2CCC(c3ccccc3)CC2)c2nc(-c3ccco3)nn12. The van der Waals surface area contributed by atoms with Crippen LogP contribution in [0.15, 0.2) is 59.3 Å². The van der Waals surface area contributed by atoms with Crippen LogP contribution in [0, 0.1) is 0 Å². The molecule has 0 aliphatic carbocycles. The van der Waals surface area contributed by atoms with Crippen molar-refractivity contribution in [3.05, 3.63) is 66.1 Å². The molecule has 0 radical (unpaired) electrons. The van der Waals surface area contributed by atoms with E-state index >= 15 is 0 Å². The van der Waals surface area contributed by atoms with Crippen molar-refractivity contribution in [2.75, 3.05) is 38.2 Å². The summed E-state index contributed by atoms with van der Waals surface area (Å²) in [6.07, 6.45) is 5.88. The average molecular weight is 447 g/mol. The molecule has 4 aromatic rings. The summed E-state index contributed by atoms with van der Waals surface area (Å²) in [5.41, 5.74) is 3.32. The number of furan rings is 1. The first-order valence-electron chi connectivity index (χ1n) is 11.7. The second-order valence-corrected chi connectivity index (χ2v) is 8.34. The van der Waals surface area contributed by atoms with E-state index in [2.05, 4.69) is 50.6 Å². The van der Waals surface area contributed by atoms with Crippen LogP contribution >= 0.6 is 0 Å². The number of hydrogen-bond donors (Lipinski definition) is 1. The first-order chi connectivity index (χ1) is 16.3. The Hall–Kier alpha value is -3.23. The zero-order valence-corrected chi connectivity index (χ0v) is 19.0. The normalized spacial score (nSPS) is 15.3. The number of piperidine rings is 1. The molecule has 4 heterocycles. The molecule has 1 fully saturated rings. The maximum absolute atomic E-state index is 5.54. The second kappa shape index (κ2) is 10.1. The van der Waals surface area contributed by atoms with Crippen LogP contribution in [0.1, 0.15) is 36.8 Å². The number of hydrogen-bond acceptors (Lipinski definition) is 7. The Labute approximate surface area is 193 Å². The summed E-state index contributed by atoms with van der Waals surface area (Å²) in [7, 11) is 0. The van der Waals surface area contributed by atoms with Crippen molar-refractivity contribution < 1.29 is 9.15 Å². The van der Waals surface area contributed by atoms with Gasteiger partial charge in [-0.1, -0.05) is 30.3 Å². The van der Waals surface area contributed by atoms with E-state index in [-0.39, 0.29) is 0 Å². The van der Waals surface area contributed by atoms with Crippen molar-refractivity contribution >= 4 is 11.6 Å². The number of nitrogens with zero attached hydrogens (tertiary/aromatic N) is 5. The van der Waals surface area contributed by atoms with E-state index in [0.717, 1.165) is 43.7 Å². The Morgan fingerprint density at radius 2 is 1.97 bits per heavy atom. The van der Waals surface area contributed by atoms with Gasteiger partial charge in [0.15, 0.2) is 11.4 Å². The molecular formula is C25H30N6O2. The fourth-order valence-corrected chi connectivity index (χ4v) is 4.43. The molecule has 1 aliphatic heterocycles. The quantitative estimate of drug-likeness (QED) is 0.386. The van der Waals surface area contributed by atoms with Crippen molar-refractivity contribution in [2.24, 2.45) is 0 Å². The minimum atomic E-state index is 0.560. The number of anilines is 1. The van der Waals surface area contributed by atoms with Crippen molar-refractivity contribution in [3.63, 3.8) is 0 Å². The predicted molar refractivity (Wildman–Crippen MR) is 127 cm³/mol. The molecule has 0 bridgehead atoms. The molecule has 172 valence electrons. The molecule has 1 aliphatic rings. The zero-order chi connectivity index (χ0) is 22.5. The highest BCUT2D eigenvalue weighted by Crippen LogP contribution is 2.29. The highest BCUT2D eigenvalue weighted by Gasteiger charge is 2.22. The molecule has 0 spiro atoms. The number of fused-ring (bicyclic) bond motifs is 1. The lowest BCUT2D eigenvalue weighted by atomic mass is 9.89. The molecule has 0 unspecified atom stereocenters. The number of likely N-dealkylation sites (tertiary alicyclic amines) is 1. The van der Waals surface area contributed by atoms with Crippen LogP contribution in [0.25, 0.3) is 17.2 Å². The maximum atomic E-state index is 5.54. The Morgan fingerprint density at radius 1 is 1.12 bits per heavy atom. The Morgan fingerprint density at radius 3 is 2.73 bits per heavy atom. The number of ether oxygens (including phenoxy) is 1. The number of aromatic nitrogens is 4. The number of nitrogens with one attached hydrogen (secondary N) is 1. The summed E-state index contributed by atoms with van der Waals surface area (Å²) in [5, 5.41) is 8.00. The molecule has 3 aromatic heterocycles. The topological polar surface area (TPSA) is 80.7 Å². The van der Waals surface area contributed by atoms with E-state index in [4.69, 9.17) is 14.1 Å². The van der Waals surface area contributed by atoms with E-state index in [1.54, 1.807) is 10.8 Å². The van der Waals surface area contributed by atoms with Gasteiger partial charge in [-0.05, 0) is 56.5 Å². The summed E-state index contributed by atoms with van der Waals surface area (Å²) in [6.45, 7) is 6.85. The van der Waals surface area contributed by atoms with E-state index in [0.29, 0.717) is 43.2 Å². The summed E-state index contributed by atoms with van der Waals surface area (Å²) in [6, 6.07) is 14.6. The fraction of sp³-hybridized carbons (Fsp3) is 0.400. The average Bonchev–Trinajstić information content (AvgIpc) is 3.55. The molecule has 8 nitrogen and oxygen atoms in total. The Bertz CT molecular complexity index is 1150. The molecule has 5 rings (SSSR count). The third kappa shape index (κ3) is 4.91. The van der Waals surface area contributed by atoms with Gasteiger partial charge in [-0.2, -0.15) is 4.52 Å². The third-order valence-electron chi connectivity index (χ3n) is 6.17. The molecule has 0 amide bonds. The van der Waals surface area contributed by atoms with Gasteiger partial charge in [0.25, 0.3) is 0 Å². The Balaban J connectivity index is 1.34. The van der Waals surface area contributed by atoms with Gasteiger partial charge in [-0.15, -0.1) is 5.10 Å². The van der Waals surface area contributed by atoms with E-state index in [9.17, 15) is 0 Å². The van der Waals surface area contributed by atoms with Gasteiger partial charge in [0, 0.05) is 31.5 Å². The minimum Gasteiger partial charge on any atom is -0.461 e. The standard InChI is InChI=1S/C25H30N6O2/c1-2-32-16-12-26-25-27-17-21(24-28-23(29-31(24)25)22-9-6-15-33-22)18-30-13-10-20(11-14-30)19-7-4-3-5-8-19/h3-9,15,17,20H,2,10-14,16,18H2,1H3,(H,26,27). The van der Waals surface area contributed by atoms with Gasteiger partial charge in [0.1, 0.15) is 0 Å². The van der Waals surface area contributed by atoms with Crippen LogP contribution in [-0.2, 0) is 11.3 Å². The van der Waals surface area contributed by atoms with Crippen LogP contribution in [0.3, 0.4) is 0 Å². The number of rotatable bonds is 9.